The van der Waals surface area contributed by atoms with Gasteiger partial charge in [0.15, 0.2) is 0 Å². The molecule has 90 valence electrons. The first-order valence-electron chi connectivity index (χ1n) is 5.98. The van der Waals surface area contributed by atoms with E-state index in [-0.39, 0.29) is 0 Å². The number of aromatic nitrogens is 1. The highest BCUT2D eigenvalue weighted by molar-refractivity contribution is 5.20. The molecular weight excluding hydrogens is 200 g/mol. The Morgan fingerprint density at radius 3 is 3.00 bits per heavy atom. The van der Waals surface area contributed by atoms with Crippen LogP contribution in [-0.4, -0.2) is 18.1 Å². The predicted molar refractivity (Wildman–Crippen MR) is 66.6 cm³/mol. The van der Waals surface area contributed by atoms with Crippen LogP contribution in [0, 0.1) is 0 Å². The molecule has 1 rings (SSSR count). The maximum Gasteiger partial charge on any atom is 0.213 e. The van der Waals surface area contributed by atoms with Gasteiger partial charge in [0.2, 0.25) is 5.88 Å². The van der Waals surface area contributed by atoms with Crippen molar-refractivity contribution in [2.45, 2.75) is 45.7 Å². The molecule has 0 amide bonds. The molecule has 3 heteroatoms. The Kier molecular flexibility index (Phi) is 5.86. The highest BCUT2D eigenvalue weighted by atomic mass is 16.5. The van der Waals surface area contributed by atoms with Crippen LogP contribution in [-0.2, 0) is 6.54 Å². The summed E-state index contributed by atoms with van der Waals surface area (Å²) in [7, 11) is 1.64. The summed E-state index contributed by atoms with van der Waals surface area (Å²) < 4.78 is 5.09. The summed E-state index contributed by atoms with van der Waals surface area (Å²) in [5, 5.41) is 3.50. The third kappa shape index (κ3) is 4.62. The van der Waals surface area contributed by atoms with Crippen molar-refractivity contribution in [1.82, 2.24) is 10.3 Å². The first kappa shape index (κ1) is 13.0. The van der Waals surface area contributed by atoms with Crippen molar-refractivity contribution in [2.75, 3.05) is 7.11 Å². The Hall–Kier alpha value is -1.09. The van der Waals surface area contributed by atoms with E-state index in [0.29, 0.717) is 11.9 Å². The van der Waals surface area contributed by atoms with Gasteiger partial charge in [-0.2, -0.15) is 0 Å². The van der Waals surface area contributed by atoms with Gasteiger partial charge < -0.3 is 10.1 Å². The van der Waals surface area contributed by atoms with Gasteiger partial charge in [-0.3, -0.25) is 0 Å². The maximum atomic E-state index is 5.09. The van der Waals surface area contributed by atoms with Gasteiger partial charge in [-0.25, -0.2) is 4.98 Å². The van der Waals surface area contributed by atoms with Gasteiger partial charge in [0.1, 0.15) is 0 Å². The van der Waals surface area contributed by atoms with Crippen molar-refractivity contribution in [1.29, 1.82) is 0 Å². The number of nitrogens with zero attached hydrogens (tertiary/aromatic N) is 1. The summed E-state index contributed by atoms with van der Waals surface area (Å²) in [4.78, 5) is 4.08. The van der Waals surface area contributed by atoms with E-state index in [0.717, 1.165) is 6.54 Å². The fourth-order valence-electron chi connectivity index (χ4n) is 1.58. The molecule has 0 saturated carbocycles. The molecule has 16 heavy (non-hydrogen) atoms. The largest absolute Gasteiger partial charge is 0.481 e. The lowest BCUT2D eigenvalue weighted by Crippen LogP contribution is -2.25. The molecule has 1 aromatic heterocycles. The van der Waals surface area contributed by atoms with Gasteiger partial charge in [0, 0.05) is 24.8 Å². The standard InChI is InChI=1S/C13H22N2O/c1-4-5-6-11(2)15-10-12-7-8-14-13(9-12)16-3/h7-9,11,15H,4-6,10H2,1-3H3. The van der Waals surface area contributed by atoms with Crippen LogP contribution in [0.5, 0.6) is 5.88 Å². The van der Waals surface area contributed by atoms with Crippen molar-refractivity contribution in [3.05, 3.63) is 23.9 Å². The van der Waals surface area contributed by atoms with E-state index >= 15 is 0 Å². The van der Waals surface area contributed by atoms with Crippen LogP contribution in [0.2, 0.25) is 0 Å². The minimum atomic E-state index is 0.569. The summed E-state index contributed by atoms with van der Waals surface area (Å²) in [5.74, 6) is 0.681. The van der Waals surface area contributed by atoms with Crippen LogP contribution in [0.1, 0.15) is 38.7 Å². The maximum absolute atomic E-state index is 5.09. The Morgan fingerprint density at radius 2 is 2.31 bits per heavy atom. The molecule has 1 unspecified atom stereocenters. The smallest absolute Gasteiger partial charge is 0.213 e. The van der Waals surface area contributed by atoms with Gasteiger partial charge in [0.25, 0.3) is 0 Å². The quantitative estimate of drug-likeness (QED) is 0.770. The molecule has 1 atom stereocenters. The third-order valence-corrected chi connectivity index (χ3v) is 2.65. The first-order valence-corrected chi connectivity index (χ1v) is 5.98. The second-order valence-corrected chi connectivity index (χ2v) is 4.13. The zero-order chi connectivity index (χ0) is 11.8. The van der Waals surface area contributed by atoms with Crippen LogP contribution in [0.4, 0.5) is 0 Å². The van der Waals surface area contributed by atoms with Crippen LogP contribution in [0.15, 0.2) is 18.3 Å². The Morgan fingerprint density at radius 1 is 1.50 bits per heavy atom. The molecule has 1 N–H and O–H groups in total. The van der Waals surface area contributed by atoms with Crippen molar-refractivity contribution in [3.63, 3.8) is 0 Å². The van der Waals surface area contributed by atoms with Crippen LogP contribution in [0.25, 0.3) is 0 Å². The van der Waals surface area contributed by atoms with E-state index in [4.69, 9.17) is 4.74 Å². The van der Waals surface area contributed by atoms with E-state index in [9.17, 15) is 0 Å². The van der Waals surface area contributed by atoms with Crippen LogP contribution < -0.4 is 10.1 Å². The summed E-state index contributed by atoms with van der Waals surface area (Å²) in [5.41, 5.74) is 1.22. The van der Waals surface area contributed by atoms with E-state index in [1.165, 1.54) is 24.8 Å². The topological polar surface area (TPSA) is 34.2 Å². The molecule has 1 heterocycles. The fraction of sp³-hybridized carbons (Fsp3) is 0.615. The van der Waals surface area contributed by atoms with E-state index in [2.05, 4.69) is 24.1 Å². The zero-order valence-corrected chi connectivity index (χ0v) is 10.5. The Bertz CT molecular complexity index is 302. The van der Waals surface area contributed by atoms with Gasteiger partial charge in [-0.05, 0) is 25.0 Å². The molecule has 0 aliphatic rings. The molecule has 0 radical (unpaired) electrons. The number of unbranched alkanes of at least 4 members (excludes halogenated alkanes) is 1. The molecule has 0 bridgehead atoms. The SMILES string of the molecule is CCCCC(C)NCc1ccnc(OC)c1. The molecule has 0 fully saturated rings. The predicted octanol–water partition coefficient (Wildman–Crippen LogP) is 2.76. The normalized spacial score (nSPS) is 12.4. The Labute approximate surface area is 98.2 Å². The van der Waals surface area contributed by atoms with Gasteiger partial charge in [0.05, 0.1) is 7.11 Å². The van der Waals surface area contributed by atoms with Gasteiger partial charge >= 0.3 is 0 Å². The number of pyridine rings is 1. The summed E-state index contributed by atoms with van der Waals surface area (Å²) >= 11 is 0. The van der Waals surface area contributed by atoms with Crippen molar-refractivity contribution < 1.29 is 4.74 Å². The lowest BCUT2D eigenvalue weighted by Gasteiger charge is -2.13. The van der Waals surface area contributed by atoms with Crippen LogP contribution in [0.3, 0.4) is 0 Å². The second kappa shape index (κ2) is 7.23. The third-order valence-electron chi connectivity index (χ3n) is 2.65. The van der Waals surface area contributed by atoms with E-state index in [1.54, 1.807) is 13.3 Å². The van der Waals surface area contributed by atoms with Gasteiger partial charge in [-0.1, -0.05) is 19.8 Å². The van der Waals surface area contributed by atoms with Crippen molar-refractivity contribution >= 4 is 0 Å². The lowest BCUT2D eigenvalue weighted by atomic mass is 10.1. The number of nitrogens with one attached hydrogen (secondary N) is 1. The second-order valence-electron chi connectivity index (χ2n) is 4.13. The Balaban J connectivity index is 2.35. The van der Waals surface area contributed by atoms with Crippen LogP contribution >= 0.6 is 0 Å². The molecule has 0 spiro atoms. The highest BCUT2D eigenvalue weighted by Crippen LogP contribution is 2.09. The molecule has 0 aliphatic carbocycles. The average Bonchev–Trinajstić information content (AvgIpc) is 2.34. The van der Waals surface area contributed by atoms with E-state index in [1.807, 2.05) is 12.1 Å². The van der Waals surface area contributed by atoms with Crippen molar-refractivity contribution in [3.8, 4) is 5.88 Å². The summed E-state index contributed by atoms with van der Waals surface area (Å²) in [6.45, 7) is 5.33. The molecular formula is C13H22N2O. The van der Waals surface area contributed by atoms with E-state index < -0.39 is 0 Å². The number of ether oxygens (including phenoxy) is 1. The number of hydrogen-bond acceptors (Lipinski definition) is 3. The monoisotopic (exact) mass is 222 g/mol. The van der Waals surface area contributed by atoms with Crippen molar-refractivity contribution in [2.24, 2.45) is 0 Å². The lowest BCUT2D eigenvalue weighted by molar-refractivity contribution is 0.396. The minimum Gasteiger partial charge on any atom is -0.481 e. The minimum absolute atomic E-state index is 0.569. The number of methoxy groups -OCH3 is 1. The average molecular weight is 222 g/mol. The molecule has 1 aromatic rings. The summed E-state index contributed by atoms with van der Waals surface area (Å²) in [6, 6.07) is 4.56. The molecule has 0 aromatic carbocycles. The fourth-order valence-corrected chi connectivity index (χ4v) is 1.58. The van der Waals surface area contributed by atoms with Gasteiger partial charge in [-0.15, -0.1) is 0 Å². The first-order chi connectivity index (χ1) is 7.76. The molecule has 0 aliphatic heterocycles. The zero-order valence-electron chi connectivity index (χ0n) is 10.5. The molecule has 0 saturated heterocycles. The number of rotatable bonds is 7. The summed E-state index contributed by atoms with van der Waals surface area (Å²) in [6.07, 6.45) is 5.56. The number of hydrogen-bond donors (Lipinski definition) is 1. The molecule has 3 nitrogen and oxygen atoms in total. The highest BCUT2D eigenvalue weighted by Gasteiger charge is 2.01.